The minimum atomic E-state index is -0.651. The van der Waals surface area contributed by atoms with Gasteiger partial charge in [0, 0.05) is 11.8 Å². The number of rotatable bonds is 3. The van der Waals surface area contributed by atoms with E-state index in [-0.39, 0.29) is 17.1 Å². The Hall–Kier alpha value is -3.62. The molecule has 2 aromatic carbocycles. The number of halogens is 2. The molecule has 4 rings (SSSR count). The summed E-state index contributed by atoms with van der Waals surface area (Å²) in [5.41, 5.74) is 1.43. The highest BCUT2D eigenvalue weighted by atomic mass is 19.1. The molecule has 0 amide bonds. The van der Waals surface area contributed by atoms with Gasteiger partial charge in [-0.2, -0.15) is 4.98 Å². The Labute approximate surface area is 138 Å². The number of nitrogens with zero attached hydrogens (tertiary/aromatic N) is 3. The van der Waals surface area contributed by atoms with Gasteiger partial charge in [-0.05, 0) is 45.7 Å². The van der Waals surface area contributed by atoms with Crippen molar-refractivity contribution >= 4 is 22.8 Å². The number of H-pyrrole nitrogens is 1. The lowest BCUT2D eigenvalue weighted by atomic mass is 10.1. The standard InChI is InChI=1S/C16H9F2N5O2/c17-10-5-9(6-11(18)7-10)8-1-3-12(4-2-8)19-15-16(24)21-14-13(20-15)22-25-23-14/h1-7H,(H,19,20,22)(H,21,23,24). The molecular formula is C16H9F2N5O2. The minimum absolute atomic E-state index is 0.0211. The molecule has 0 spiro atoms. The van der Waals surface area contributed by atoms with E-state index in [4.69, 9.17) is 0 Å². The van der Waals surface area contributed by atoms with Crippen molar-refractivity contribution < 1.29 is 13.4 Å². The van der Waals surface area contributed by atoms with Crippen LogP contribution in [0.25, 0.3) is 22.4 Å². The van der Waals surface area contributed by atoms with Crippen LogP contribution in [0.1, 0.15) is 0 Å². The van der Waals surface area contributed by atoms with E-state index in [1.54, 1.807) is 24.3 Å². The van der Waals surface area contributed by atoms with Crippen LogP contribution in [0, 0.1) is 11.6 Å². The highest BCUT2D eigenvalue weighted by molar-refractivity contribution is 5.70. The normalized spacial score (nSPS) is 11.0. The molecule has 2 aromatic heterocycles. The molecule has 0 atom stereocenters. The number of aromatic nitrogens is 4. The van der Waals surface area contributed by atoms with Crippen LogP contribution in [0.4, 0.5) is 20.3 Å². The van der Waals surface area contributed by atoms with Crippen LogP contribution in [0.3, 0.4) is 0 Å². The zero-order valence-corrected chi connectivity index (χ0v) is 12.5. The van der Waals surface area contributed by atoms with E-state index < -0.39 is 17.2 Å². The van der Waals surface area contributed by atoms with Gasteiger partial charge in [-0.25, -0.2) is 13.4 Å². The van der Waals surface area contributed by atoms with Crippen molar-refractivity contribution in [3.8, 4) is 11.1 Å². The Balaban J connectivity index is 1.63. The molecular weight excluding hydrogens is 332 g/mol. The predicted octanol–water partition coefficient (Wildman–Crippen LogP) is 2.99. The number of benzene rings is 2. The fourth-order valence-corrected chi connectivity index (χ4v) is 2.35. The number of anilines is 2. The smallest absolute Gasteiger partial charge is 0.292 e. The molecule has 4 aromatic rings. The Kier molecular flexibility index (Phi) is 3.46. The number of hydrogen-bond donors (Lipinski definition) is 2. The number of hydrogen-bond acceptors (Lipinski definition) is 6. The molecule has 0 aliphatic carbocycles. The number of nitrogens with one attached hydrogen (secondary N) is 2. The van der Waals surface area contributed by atoms with Gasteiger partial charge < -0.3 is 5.32 Å². The lowest BCUT2D eigenvalue weighted by molar-refractivity contribution is 0.314. The molecule has 0 bridgehead atoms. The van der Waals surface area contributed by atoms with Crippen LogP contribution in [-0.2, 0) is 0 Å². The molecule has 0 aliphatic rings. The molecule has 25 heavy (non-hydrogen) atoms. The summed E-state index contributed by atoms with van der Waals surface area (Å²) in [6, 6.07) is 9.94. The van der Waals surface area contributed by atoms with Crippen molar-refractivity contribution in [3.05, 3.63) is 64.5 Å². The molecule has 0 unspecified atom stereocenters. The van der Waals surface area contributed by atoms with Crippen molar-refractivity contribution in [3.63, 3.8) is 0 Å². The lowest BCUT2D eigenvalue weighted by Crippen LogP contribution is -2.13. The summed E-state index contributed by atoms with van der Waals surface area (Å²) in [5, 5.41) is 9.89. The first-order valence-electron chi connectivity index (χ1n) is 7.15. The third kappa shape index (κ3) is 2.94. The van der Waals surface area contributed by atoms with E-state index in [2.05, 4.69) is 30.2 Å². The van der Waals surface area contributed by atoms with Gasteiger partial charge in [-0.3, -0.25) is 9.78 Å². The molecule has 7 nitrogen and oxygen atoms in total. The first-order valence-corrected chi connectivity index (χ1v) is 7.15. The van der Waals surface area contributed by atoms with Crippen LogP contribution >= 0.6 is 0 Å². The summed E-state index contributed by atoms with van der Waals surface area (Å²) in [5.74, 6) is -1.28. The Morgan fingerprint density at radius 3 is 2.40 bits per heavy atom. The molecule has 124 valence electrons. The Morgan fingerprint density at radius 1 is 0.960 bits per heavy atom. The lowest BCUT2D eigenvalue weighted by Gasteiger charge is -2.07. The van der Waals surface area contributed by atoms with Gasteiger partial charge in [0.1, 0.15) is 11.6 Å². The zero-order valence-electron chi connectivity index (χ0n) is 12.5. The van der Waals surface area contributed by atoms with Crippen LogP contribution in [-0.4, -0.2) is 20.3 Å². The quantitative estimate of drug-likeness (QED) is 0.595. The van der Waals surface area contributed by atoms with Crippen molar-refractivity contribution in [2.75, 3.05) is 5.32 Å². The third-order valence-electron chi connectivity index (χ3n) is 3.48. The van der Waals surface area contributed by atoms with Crippen LogP contribution in [0.2, 0.25) is 0 Å². The first kappa shape index (κ1) is 14.9. The first-order chi connectivity index (χ1) is 12.1. The molecule has 9 heteroatoms. The molecule has 0 fully saturated rings. The maximum atomic E-state index is 13.3. The van der Waals surface area contributed by atoms with Crippen molar-refractivity contribution in [1.82, 2.24) is 20.3 Å². The maximum absolute atomic E-state index is 13.3. The van der Waals surface area contributed by atoms with Crippen molar-refractivity contribution in [2.24, 2.45) is 0 Å². The van der Waals surface area contributed by atoms with Crippen molar-refractivity contribution in [2.45, 2.75) is 0 Å². The van der Waals surface area contributed by atoms with E-state index in [0.717, 1.165) is 6.07 Å². The third-order valence-corrected chi connectivity index (χ3v) is 3.48. The van der Waals surface area contributed by atoms with E-state index in [1.165, 1.54) is 12.1 Å². The largest absolute Gasteiger partial charge is 0.336 e. The fourth-order valence-electron chi connectivity index (χ4n) is 2.35. The topological polar surface area (TPSA) is 96.7 Å². The van der Waals surface area contributed by atoms with Crippen LogP contribution < -0.4 is 10.9 Å². The van der Waals surface area contributed by atoms with Gasteiger partial charge in [0.15, 0.2) is 5.82 Å². The van der Waals surface area contributed by atoms with Gasteiger partial charge >= 0.3 is 0 Å². The molecule has 0 saturated carbocycles. The summed E-state index contributed by atoms with van der Waals surface area (Å²) >= 11 is 0. The van der Waals surface area contributed by atoms with Crippen molar-refractivity contribution in [1.29, 1.82) is 0 Å². The molecule has 2 heterocycles. The van der Waals surface area contributed by atoms with E-state index >= 15 is 0 Å². The summed E-state index contributed by atoms with van der Waals surface area (Å²) in [7, 11) is 0. The van der Waals surface area contributed by atoms with Crippen LogP contribution in [0.5, 0.6) is 0 Å². The molecule has 0 aliphatic heterocycles. The van der Waals surface area contributed by atoms with Crippen LogP contribution in [0.15, 0.2) is 51.9 Å². The average molecular weight is 341 g/mol. The second-order valence-electron chi connectivity index (χ2n) is 5.21. The predicted molar refractivity (Wildman–Crippen MR) is 85.3 cm³/mol. The van der Waals surface area contributed by atoms with E-state index in [0.29, 0.717) is 16.8 Å². The second kappa shape index (κ2) is 5.78. The SMILES string of the molecule is O=c1[nH]c2nonc2nc1Nc1ccc(-c2cc(F)cc(F)c2)cc1. The van der Waals surface area contributed by atoms with Gasteiger partial charge in [0.05, 0.1) is 0 Å². The molecule has 0 radical (unpaired) electrons. The Morgan fingerprint density at radius 2 is 1.68 bits per heavy atom. The highest BCUT2D eigenvalue weighted by Crippen LogP contribution is 2.24. The minimum Gasteiger partial charge on any atom is -0.336 e. The van der Waals surface area contributed by atoms with Gasteiger partial charge in [-0.15, -0.1) is 0 Å². The number of aromatic amines is 1. The van der Waals surface area contributed by atoms with E-state index in [9.17, 15) is 13.6 Å². The fraction of sp³-hybridized carbons (Fsp3) is 0. The maximum Gasteiger partial charge on any atom is 0.292 e. The summed E-state index contributed by atoms with van der Waals surface area (Å²) in [6.07, 6.45) is 0. The van der Waals surface area contributed by atoms with Gasteiger partial charge in [-0.1, -0.05) is 12.1 Å². The van der Waals surface area contributed by atoms with Gasteiger partial charge in [0.25, 0.3) is 5.56 Å². The molecule has 0 saturated heterocycles. The highest BCUT2D eigenvalue weighted by Gasteiger charge is 2.09. The van der Waals surface area contributed by atoms with Gasteiger partial charge in [0.2, 0.25) is 11.3 Å². The average Bonchev–Trinajstić information content (AvgIpc) is 3.02. The number of fused-ring (bicyclic) bond motifs is 1. The molecule has 2 N–H and O–H groups in total. The summed E-state index contributed by atoms with van der Waals surface area (Å²) in [6.45, 7) is 0. The summed E-state index contributed by atoms with van der Waals surface area (Å²) < 4.78 is 31.1. The second-order valence-corrected chi connectivity index (χ2v) is 5.21. The summed E-state index contributed by atoms with van der Waals surface area (Å²) in [4.78, 5) is 18.4. The Bertz CT molecular complexity index is 1100. The van der Waals surface area contributed by atoms with E-state index in [1.807, 2.05) is 0 Å². The zero-order chi connectivity index (χ0) is 17.4. The monoisotopic (exact) mass is 341 g/mol.